The van der Waals surface area contributed by atoms with Crippen molar-refractivity contribution in [3.05, 3.63) is 94.6 Å². The first-order valence-corrected chi connectivity index (χ1v) is 11.2. The van der Waals surface area contributed by atoms with Crippen LogP contribution in [0.3, 0.4) is 0 Å². The van der Waals surface area contributed by atoms with Crippen molar-refractivity contribution >= 4 is 44.6 Å². The van der Waals surface area contributed by atoms with Crippen LogP contribution >= 0.6 is 0 Å². The standard InChI is InChI=1S/C23H18N4O5S/c1-15-3-9-20-19(13-15)22(29)16(14-32-20)4-10-21(28)26-17-5-7-18(8-6-17)33(30,31)27-23-24-11-2-12-25-23/h2-14H,1H3,(H,26,28)(H,24,25,27)/b10-4+. The van der Waals surface area contributed by atoms with Gasteiger partial charge in [0.2, 0.25) is 11.9 Å². The number of aryl methyl sites for hydroxylation is 1. The average Bonchev–Trinajstić information content (AvgIpc) is 2.80. The average molecular weight is 462 g/mol. The fourth-order valence-electron chi connectivity index (χ4n) is 2.97. The third-order valence-corrected chi connectivity index (χ3v) is 5.94. The lowest BCUT2D eigenvalue weighted by Crippen LogP contribution is -2.15. The Morgan fingerprint density at radius 1 is 1.06 bits per heavy atom. The Bertz CT molecular complexity index is 1510. The van der Waals surface area contributed by atoms with Gasteiger partial charge in [0, 0.05) is 24.2 Å². The molecule has 4 rings (SSSR count). The van der Waals surface area contributed by atoms with Crippen molar-refractivity contribution in [1.82, 2.24) is 9.97 Å². The summed E-state index contributed by atoms with van der Waals surface area (Å²) in [5.74, 6) is -0.543. The van der Waals surface area contributed by atoms with Gasteiger partial charge in [0.25, 0.3) is 10.0 Å². The van der Waals surface area contributed by atoms with Gasteiger partial charge in [0.05, 0.1) is 15.8 Å². The van der Waals surface area contributed by atoms with Crippen LogP contribution < -0.4 is 15.5 Å². The number of benzene rings is 2. The number of nitrogens with one attached hydrogen (secondary N) is 2. The van der Waals surface area contributed by atoms with Gasteiger partial charge in [0.15, 0.2) is 5.43 Å². The molecule has 0 unspecified atom stereocenters. The number of carbonyl (C=O) groups is 1. The number of aromatic nitrogens is 2. The Balaban J connectivity index is 1.45. The number of nitrogens with zero attached hydrogens (tertiary/aromatic N) is 2. The minimum absolute atomic E-state index is 0.0208. The molecule has 166 valence electrons. The highest BCUT2D eigenvalue weighted by atomic mass is 32.2. The maximum atomic E-state index is 12.6. The lowest BCUT2D eigenvalue weighted by atomic mass is 10.1. The van der Waals surface area contributed by atoms with E-state index in [1.165, 1.54) is 55.1 Å². The number of fused-ring (bicyclic) bond motifs is 1. The Morgan fingerprint density at radius 2 is 1.79 bits per heavy atom. The summed E-state index contributed by atoms with van der Waals surface area (Å²) in [5, 5.41) is 3.04. The highest BCUT2D eigenvalue weighted by Gasteiger charge is 2.15. The van der Waals surface area contributed by atoms with Crippen molar-refractivity contribution < 1.29 is 17.6 Å². The number of amides is 1. The molecule has 0 atom stereocenters. The molecule has 0 spiro atoms. The van der Waals surface area contributed by atoms with E-state index in [1.807, 2.05) is 13.0 Å². The second-order valence-corrected chi connectivity index (χ2v) is 8.73. The summed E-state index contributed by atoms with van der Waals surface area (Å²) in [6, 6.07) is 12.4. The quantitative estimate of drug-likeness (QED) is 0.420. The van der Waals surface area contributed by atoms with Crippen LogP contribution in [0.2, 0.25) is 0 Å². The van der Waals surface area contributed by atoms with Crippen LogP contribution in [0.4, 0.5) is 11.6 Å². The van der Waals surface area contributed by atoms with E-state index in [4.69, 9.17) is 4.42 Å². The van der Waals surface area contributed by atoms with Crippen molar-refractivity contribution in [1.29, 1.82) is 0 Å². The van der Waals surface area contributed by atoms with E-state index in [0.29, 0.717) is 16.7 Å². The summed E-state index contributed by atoms with van der Waals surface area (Å²) in [6.45, 7) is 1.87. The zero-order chi connectivity index (χ0) is 23.4. The van der Waals surface area contributed by atoms with Crippen LogP contribution in [0.15, 0.2) is 87.4 Å². The number of anilines is 2. The van der Waals surface area contributed by atoms with Crippen LogP contribution in [0, 0.1) is 6.92 Å². The van der Waals surface area contributed by atoms with Crippen LogP contribution in [0.1, 0.15) is 11.1 Å². The van der Waals surface area contributed by atoms with Crippen LogP contribution in [-0.2, 0) is 14.8 Å². The molecule has 10 heteroatoms. The normalized spacial score (nSPS) is 11.5. The summed E-state index contributed by atoms with van der Waals surface area (Å²) < 4.78 is 32.6. The molecule has 0 bridgehead atoms. The third-order valence-electron chi connectivity index (χ3n) is 4.59. The molecule has 2 aromatic heterocycles. The maximum absolute atomic E-state index is 12.6. The summed E-state index contributed by atoms with van der Waals surface area (Å²) in [5.41, 5.74) is 1.76. The Hall–Kier alpha value is -4.31. The molecule has 0 saturated heterocycles. The molecule has 0 radical (unpaired) electrons. The van der Waals surface area contributed by atoms with Crippen molar-refractivity contribution in [3.8, 4) is 0 Å². The van der Waals surface area contributed by atoms with Crippen LogP contribution in [0.25, 0.3) is 17.0 Å². The Morgan fingerprint density at radius 3 is 2.52 bits per heavy atom. The minimum atomic E-state index is -3.88. The van der Waals surface area contributed by atoms with Gasteiger partial charge in [-0.3, -0.25) is 9.59 Å². The highest BCUT2D eigenvalue weighted by molar-refractivity contribution is 7.92. The van der Waals surface area contributed by atoms with Crippen LogP contribution in [0.5, 0.6) is 0 Å². The highest BCUT2D eigenvalue weighted by Crippen LogP contribution is 2.17. The largest absolute Gasteiger partial charge is 0.463 e. The molecule has 0 saturated carbocycles. The number of carbonyl (C=O) groups excluding carboxylic acids is 1. The SMILES string of the molecule is Cc1ccc2occ(/C=C/C(=O)Nc3ccc(S(=O)(=O)Nc4ncccn4)cc3)c(=O)c2c1. The van der Waals surface area contributed by atoms with Gasteiger partial charge >= 0.3 is 0 Å². The van der Waals surface area contributed by atoms with Gasteiger partial charge in [0.1, 0.15) is 11.8 Å². The smallest absolute Gasteiger partial charge is 0.264 e. The van der Waals surface area contributed by atoms with E-state index in [-0.39, 0.29) is 21.8 Å². The van der Waals surface area contributed by atoms with E-state index in [2.05, 4.69) is 20.0 Å². The molecule has 33 heavy (non-hydrogen) atoms. The summed E-state index contributed by atoms with van der Waals surface area (Å²) in [6.07, 6.45) is 6.70. The van der Waals surface area contributed by atoms with Crippen molar-refractivity contribution in [2.45, 2.75) is 11.8 Å². The molecule has 9 nitrogen and oxygen atoms in total. The first-order valence-electron chi connectivity index (χ1n) is 9.73. The molecule has 2 heterocycles. The first-order chi connectivity index (χ1) is 15.8. The molecule has 0 fully saturated rings. The monoisotopic (exact) mass is 462 g/mol. The van der Waals surface area contributed by atoms with E-state index >= 15 is 0 Å². The minimum Gasteiger partial charge on any atom is -0.463 e. The second-order valence-electron chi connectivity index (χ2n) is 7.04. The summed E-state index contributed by atoms with van der Waals surface area (Å²) >= 11 is 0. The zero-order valence-corrected chi connectivity index (χ0v) is 18.2. The first kappa shape index (κ1) is 21.9. The predicted octanol–water partition coefficient (Wildman–Crippen LogP) is 3.34. The number of hydrogen-bond donors (Lipinski definition) is 2. The molecular formula is C23H18N4O5S. The molecule has 2 N–H and O–H groups in total. The summed E-state index contributed by atoms with van der Waals surface area (Å²) in [4.78, 5) is 32.5. The number of rotatable bonds is 6. The van der Waals surface area contributed by atoms with Gasteiger partial charge in [-0.2, -0.15) is 0 Å². The molecule has 0 aliphatic heterocycles. The fraction of sp³-hybridized carbons (Fsp3) is 0.0435. The van der Waals surface area contributed by atoms with Gasteiger partial charge in [-0.25, -0.2) is 23.1 Å². The zero-order valence-electron chi connectivity index (χ0n) is 17.3. The van der Waals surface area contributed by atoms with E-state index in [9.17, 15) is 18.0 Å². The van der Waals surface area contributed by atoms with E-state index in [1.54, 1.807) is 18.2 Å². The van der Waals surface area contributed by atoms with E-state index < -0.39 is 15.9 Å². The van der Waals surface area contributed by atoms with Gasteiger partial charge in [-0.15, -0.1) is 0 Å². The fourth-order valence-corrected chi connectivity index (χ4v) is 3.93. The molecule has 2 aromatic carbocycles. The van der Waals surface area contributed by atoms with Gasteiger partial charge < -0.3 is 9.73 Å². The Labute approximate surface area is 188 Å². The number of sulfonamides is 1. The lowest BCUT2D eigenvalue weighted by molar-refractivity contribution is -0.111. The van der Waals surface area contributed by atoms with Crippen molar-refractivity contribution in [3.63, 3.8) is 0 Å². The van der Waals surface area contributed by atoms with E-state index in [0.717, 1.165) is 5.56 Å². The molecule has 0 aliphatic rings. The molecule has 4 aromatic rings. The lowest BCUT2D eigenvalue weighted by Gasteiger charge is -2.07. The predicted molar refractivity (Wildman–Crippen MR) is 124 cm³/mol. The Kier molecular flexibility index (Phi) is 6.01. The maximum Gasteiger partial charge on any atom is 0.264 e. The van der Waals surface area contributed by atoms with Crippen molar-refractivity contribution in [2.75, 3.05) is 10.0 Å². The molecule has 1 amide bonds. The van der Waals surface area contributed by atoms with Gasteiger partial charge in [-0.1, -0.05) is 11.6 Å². The van der Waals surface area contributed by atoms with Crippen molar-refractivity contribution in [2.24, 2.45) is 0 Å². The third kappa shape index (κ3) is 5.13. The van der Waals surface area contributed by atoms with Crippen LogP contribution in [-0.4, -0.2) is 24.3 Å². The molecular weight excluding hydrogens is 444 g/mol. The van der Waals surface area contributed by atoms with Gasteiger partial charge in [-0.05, 0) is 55.5 Å². The second kappa shape index (κ2) is 9.05. The number of hydrogen-bond acceptors (Lipinski definition) is 7. The molecule has 0 aliphatic carbocycles. The topological polar surface area (TPSA) is 131 Å². The summed E-state index contributed by atoms with van der Waals surface area (Å²) in [7, 11) is -3.88.